The van der Waals surface area contributed by atoms with Gasteiger partial charge in [-0.05, 0) is 12.8 Å². The zero-order valence-electron chi connectivity index (χ0n) is 10.2. The standard InChI is InChI=1S/C11H19NO2S2/c1-7(2)9-6-16-11(15)12(9)10(13)5-8(3)14-4/h7-9H,5-6H2,1-4H3/t8-,9-/m1/s1. The van der Waals surface area contributed by atoms with E-state index in [0.29, 0.717) is 16.7 Å². The number of nitrogens with zero attached hydrogens (tertiary/aromatic N) is 1. The second-order valence-electron chi connectivity index (χ2n) is 4.40. The number of methoxy groups -OCH3 is 1. The van der Waals surface area contributed by atoms with Crippen LogP contribution in [0.25, 0.3) is 0 Å². The molecule has 1 amide bonds. The van der Waals surface area contributed by atoms with Crippen LogP contribution in [0.15, 0.2) is 0 Å². The van der Waals surface area contributed by atoms with E-state index in [-0.39, 0.29) is 18.1 Å². The molecule has 1 rings (SSSR count). The molecule has 0 spiro atoms. The summed E-state index contributed by atoms with van der Waals surface area (Å²) in [7, 11) is 1.62. The van der Waals surface area contributed by atoms with Crippen molar-refractivity contribution < 1.29 is 9.53 Å². The van der Waals surface area contributed by atoms with Gasteiger partial charge in [-0.3, -0.25) is 9.69 Å². The first-order valence-corrected chi connectivity index (χ1v) is 6.88. The molecule has 5 heteroatoms. The van der Waals surface area contributed by atoms with Crippen LogP contribution in [0.3, 0.4) is 0 Å². The average Bonchev–Trinajstić information content (AvgIpc) is 2.59. The molecule has 16 heavy (non-hydrogen) atoms. The first kappa shape index (κ1) is 13.9. The Morgan fingerprint density at radius 2 is 2.25 bits per heavy atom. The molecule has 0 aromatic rings. The maximum atomic E-state index is 12.1. The average molecular weight is 261 g/mol. The van der Waals surface area contributed by atoms with Crippen molar-refractivity contribution in [2.24, 2.45) is 5.92 Å². The van der Waals surface area contributed by atoms with Gasteiger partial charge in [-0.15, -0.1) is 0 Å². The van der Waals surface area contributed by atoms with Gasteiger partial charge in [-0.25, -0.2) is 0 Å². The van der Waals surface area contributed by atoms with Gasteiger partial charge in [0.05, 0.1) is 12.5 Å². The van der Waals surface area contributed by atoms with Gasteiger partial charge in [-0.2, -0.15) is 0 Å². The molecule has 1 aliphatic heterocycles. The molecule has 1 fully saturated rings. The molecule has 0 aliphatic carbocycles. The van der Waals surface area contributed by atoms with E-state index in [1.807, 2.05) is 6.92 Å². The summed E-state index contributed by atoms with van der Waals surface area (Å²) in [6.07, 6.45) is 0.356. The highest BCUT2D eigenvalue weighted by Crippen LogP contribution is 2.29. The lowest BCUT2D eigenvalue weighted by Gasteiger charge is -2.27. The van der Waals surface area contributed by atoms with Crippen LogP contribution in [0, 0.1) is 5.92 Å². The number of thioether (sulfide) groups is 1. The number of amides is 1. The first-order chi connectivity index (χ1) is 7.47. The van der Waals surface area contributed by atoms with Crippen molar-refractivity contribution in [1.82, 2.24) is 4.90 Å². The number of hydrogen-bond donors (Lipinski definition) is 0. The molecule has 0 saturated carbocycles. The van der Waals surface area contributed by atoms with Gasteiger partial charge in [-0.1, -0.05) is 37.8 Å². The monoisotopic (exact) mass is 261 g/mol. The fourth-order valence-corrected chi connectivity index (χ4v) is 3.31. The summed E-state index contributed by atoms with van der Waals surface area (Å²) in [4.78, 5) is 13.9. The summed E-state index contributed by atoms with van der Waals surface area (Å²) < 4.78 is 5.83. The molecule has 1 saturated heterocycles. The number of hydrogen-bond acceptors (Lipinski definition) is 4. The Labute approximate surface area is 107 Å². The Bertz CT molecular complexity index is 281. The summed E-state index contributed by atoms with van der Waals surface area (Å²) in [5.41, 5.74) is 0. The summed E-state index contributed by atoms with van der Waals surface area (Å²) in [5.74, 6) is 1.45. The van der Waals surface area contributed by atoms with Crippen molar-refractivity contribution in [3.05, 3.63) is 0 Å². The van der Waals surface area contributed by atoms with Crippen molar-refractivity contribution in [2.45, 2.75) is 39.3 Å². The number of carbonyl (C=O) groups excluding carboxylic acids is 1. The fraction of sp³-hybridized carbons (Fsp3) is 0.818. The van der Waals surface area contributed by atoms with E-state index in [2.05, 4.69) is 13.8 Å². The van der Waals surface area contributed by atoms with Crippen LogP contribution in [0.1, 0.15) is 27.2 Å². The third kappa shape index (κ3) is 3.18. The second kappa shape index (κ2) is 5.98. The zero-order chi connectivity index (χ0) is 12.3. The van der Waals surface area contributed by atoms with Gasteiger partial charge < -0.3 is 4.74 Å². The predicted octanol–water partition coefficient (Wildman–Crippen LogP) is 2.30. The molecule has 1 heterocycles. The van der Waals surface area contributed by atoms with Crippen LogP contribution in [0.4, 0.5) is 0 Å². The topological polar surface area (TPSA) is 29.5 Å². The van der Waals surface area contributed by atoms with Gasteiger partial charge >= 0.3 is 0 Å². The quantitative estimate of drug-likeness (QED) is 0.726. The van der Waals surface area contributed by atoms with Crippen molar-refractivity contribution in [2.75, 3.05) is 12.9 Å². The van der Waals surface area contributed by atoms with E-state index in [9.17, 15) is 4.79 Å². The van der Waals surface area contributed by atoms with Crippen LogP contribution < -0.4 is 0 Å². The van der Waals surface area contributed by atoms with Crippen LogP contribution in [-0.4, -0.2) is 40.1 Å². The Morgan fingerprint density at radius 1 is 1.62 bits per heavy atom. The van der Waals surface area contributed by atoms with Crippen molar-refractivity contribution in [3.63, 3.8) is 0 Å². The minimum atomic E-state index is -0.0475. The van der Waals surface area contributed by atoms with Gasteiger partial charge in [0.25, 0.3) is 0 Å². The number of ether oxygens (including phenoxy) is 1. The van der Waals surface area contributed by atoms with Crippen LogP contribution >= 0.6 is 24.0 Å². The van der Waals surface area contributed by atoms with E-state index in [1.54, 1.807) is 23.8 Å². The third-order valence-corrected chi connectivity index (χ3v) is 4.31. The van der Waals surface area contributed by atoms with Gasteiger partial charge in [0.1, 0.15) is 4.32 Å². The van der Waals surface area contributed by atoms with E-state index in [0.717, 1.165) is 5.75 Å². The predicted molar refractivity (Wildman–Crippen MR) is 71.6 cm³/mol. The molecule has 0 unspecified atom stereocenters. The lowest BCUT2D eigenvalue weighted by atomic mass is 10.0. The van der Waals surface area contributed by atoms with Crippen molar-refractivity contribution in [1.29, 1.82) is 0 Å². The van der Waals surface area contributed by atoms with Crippen LogP contribution in [0.5, 0.6) is 0 Å². The molecular weight excluding hydrogens is 242 g/mol. The molecule has 0 aromatic carbocycles. The first-order valence-electron chi connectivity index (χ1n) is 5.49. The van der Waals surface area contributed by atoms with Crippen LogP contribution in [0.2, 0.25) is 0 Å². The minimum Gasteiger partial charge on any atom is -0.381 e. The molecular formula is C11H19NO2S2. The number of rotatable bonds is 4. The third-order valence-electron chi connectivity index (χ3n) is 2.81. The van der Waals surface area contributed by atoms with Gasteiger partial charge in [0, 0.05) is 18.9 Å². The maximum Gasteiger partial charge on any atom is 0.230 e. The Kier molecular flexibility index (Phi) is 5.21. The smallest absolute Gasteiger partial charge is 0.230 e. The molecule has 2 atom stereocenters. The van der Waals surface area contributed by atoms with E-state index in [1.165, 1.54) is 0 Å². The second-order valence-corrected chi connectivity index (χ2v) is 6.06. The normalized spacial score (nSPS) is 22.9. The summed E-state index contributed by atoms with van der Waals surface area (Å²) in [5, 5.41) is 0. The summed E-state index contributed by atoms with van der Waals surface area (Å²) in [6, 6.07) is 0.244. The van der Waals surface area contributed by atoms with E-state index < -0.39 is 0 Å². The summed E-state index contributed by atoms with van der Waals surface area (Å²) in [6.45, 7) is 6.15. The molecule has 3 nitrogen and oxygen atoms in total. The number of carbonyl (C=O) groups is 1. The molecule has 0 bridgehead atoms. The Balaban J connectivity index is 2.68. The van der Waals surface area contributed by atoms with Crippen molar-refractivity contribution >= 4 is 34.2 Å². The van der Waals surface area contributed by atoms with Gasteiger partial charge in [0.15, 0.2) is 0 Å². The highest BCUT2D eigenvalue weighted by Gasteiger charge is 2.35. The molecule has 0 aromatic heterocycles. The van der Waals surface area contributed by atoms with E-state index >= 15 is 0 Å². The van der Waals surface area contributed by atoms with Gasteiger partial charge in [0.2, 0.25) is 5.91 Å². The van der Waals surface area contributed by atoms with Crippen LogP contribution in [-0.2, 0) is 9.53 Å². The molecule has 0 N–H and O–H groups in total. The Morgan fingerprint density at radius 3 is 2.75 bits per heavy atom. The number of thiocarbonyl (C=S) groups is 1. The Hall–Kier alpha value is -0.130. The fourth-order valence-electron chi connectivity index (χ4n) is 1.64. The molecule has 1 aliphatic rings. The maximum absolute atomic E-state index is 12.1. The highest BCUT2D eigenvalue weighted by atomic mass is 32.2. The SMILES string of the molecule is CO[C@H](C)CC(=O)N1C(=S)SC[C@@H]1C(C)C. The lowest BCUT2D eigenvalue weighted by Crippen LogP contribution is -2.42. The zero-order valence-corrected chi connectivity index (χ0v) is 11.9. The largest absolute Gasteiger partial charge is 0.381 e. The summed E-state index contributed by atoms with van der Waals surface area (Å²) >= 11 is 6.83. The molecule has 92 valence electrons. The van der Waals surface area contributed by atoms with Crippen molar-refractivity contribution in [3.8, 4) is 0 Å². The minimum absolute atomic E-state index is 0.0475. The highest BCUT2D eigenvalue weighted by molar-refractivity contribution is 8.23. The molecule has 0 radical (unpaired) electrons. The lowest BCUT2D eigenvalue weighted by molar-refractivity contribution is -0.131. The van der Waals surface area contributed by atoms with E-state index in [4.69, 9.17) is 17.0 Å².